The summed E-state index contributed by atoms with van der Waals surface area (Å²) in [6, 6.07) is 8.51. The van der Waals surface area contributed by atoms with Gasteiger partial charge in [-0.3, -0.25) is 4.79 Å². The maximum atomic E-state index is 12.6. The van der Waals surface area contributed by atoms with E-state index in [0.29, 0.717) is 12.0 Å². The molecule has 2 heterocycles. The van der Waals surface area contributed by atoms with Crippen LogP contribution in [0.3, 0.4) is 0 Å². The first kappa shape index (κ1) is 16.2. The molecule has 1 aliphatic carbocycles. The summed E-state index contributed by atoms with van der Waals surface area (Å²) >= 11 is 0. The minimum Gasteiger partial charge on any atom is -0.338 e. The highest BCUT2D eigenvalue weighted by molar-refractivity contribution is 5.98. The molecule has 5 nitrogen and oxygen atoms in total. The second-order valence-corrected chi connectivity index (χ2v) is 7.26. The number of likely N-dealkylation sites (N-methyl/N-ethyl adjacent to an activating group) is 1. The van der Waals surface area contributed by atoms with E-state index in [0.717, 1.165) is 44.2 Å². The maximum absolute atomic E-state index is 12.6. The van der Waals surface area contributed by atoms with E-state index in [9.17, 15) is 4.79 Å². The number of benzene rings is 1. The zero-order chi connectivity index (χ0) is 17.4. The van der Waals surface area contributed by atoms with Crippen LogP contribution in [-0.4, -0.2) is 53.9 Å². The molecule has 0 bridgehead atoms. The Morgan fingerprint density at radius 3 is 2.48 bits per heavy atom. The third kappa shape index (κ3) is 3.29. The van der Waals surface area contributed by atoms with Crippen molar-refractivity contribution >= 4 is 11.7 Å². The van der Waals surface area contributed by atoms with Crippen LogP contribution in [0.4, 0.5) is 5.95 Å². The van der Waals surface area contributed by atoms with E-state index in [1.807, 2.05) is 0 Å². The number of nitrogens with zero attached hydrogens (tertiary/aromatic N) is 4. The molecule has 1 fully saturated rings. The van der Waals surface area contributed by atoms with Gasteiger partial charge in [0.05, 0.1) is 11.3 Å². The van der Waals surface area contributed by atoms with Crippen LogP contribution in [0, 0.1) is 6.92 Å². The van der Waals surface area contributed by atoms with Crippen LogP contribution in [0.5, 0.6) is 0 Å². The summed E-state index contributed by atoms with van der Waals surface area (Å²) in [5.41, 5.74) is 4.09. The largest absolute Gasteiger partial charge is 0.338 e. The van der Waals surface area contributed by atoms with Crippen molar-refractivity contribution in [3.63, 3.8) is 0 Å². The van der Waals surface area contributed by atoms with Gasteiger partial charge >= 0.3 is 0 Å². The van der Waals surface area contributed by atoms with Gasteiger partial charge in [0.15, 0.2) is 5.78 Å². The van der Waals surface area contributed by atoms with E-state index in [4.69, 9.17) is 4.98 Å². The van der Waals surface area contributed by atoms with Crippen molar-refractivity contribution in [3.8, 4) is 0 Å². The van der Waals surface area contributed by atoms with E-state index < -0.39 is 0 Å². The smallest absolute Gasteiger partial charge is 0.225 e. The number of carbonyl (C=O) groups is 1. The first-order chi connectivity index (χ1) is 12.1. The Balaban J connectivity index is 1.59. The Morgan fingerprint density at radius 1 is 1.04 bits per heavy atom. The summed E-state index contributed by atoms with van der Waals surface area (Å²) in [6.45, 7) is 5.99. The summed E-state index contributed by atoms with van der Waals surface area (Å²) in [7, 11) is 2.13. The van der Waals surface area contributed by atoms with Crippen LogP contribution in [0.15, 0.2) is 30.5 Å². The summed E-state index contributed by atoms with van der Waals surface area (Å²) in [5.74, 6) is 1.15. The van der Waals surface area contributed by atoms with Gasteiger partial charge in [-0.25, -0.2) is 9.97 Å². The second kappa shape index (κ2) is 6.56. The molecule has 1 saturated heterocycles. The number of aromatic nitrogens is 2. The number of fused-ring (bicyclic) bond motifs is 1. The van der Waals surface area contributed by atoms with E-state index in [-0.39, 0.29) is 11.7 Å². The molecule has 1 aromatic heterocycles. The van der Waals surface area contributed by atoms with Gasteiger partial charge in [-0.1, -0.05) is 29.8 Å². The molecular formula is C20H24N4O. The van der Waals surface area contributed by atoms with Crippen LogP contribution < -0.4 is 4.90 Å². The fourth-order valence-electron chi connectivity index (χ4n) is 3.67. The molecule has 1 atom stereocenters. The first-order valence-electron chi connectivity index (χ1n) is 8.99. The van der Waals surface area contributed by atoms with Crippen molar-refractivity contribution in [2.24, 2.45) is 0 Å². The minimum atomic E-state index is 0.164. The topological polar surface area (TPSA) is 49.3 Å². The number of Topliss-reactive ketones (excluding diaryl/α,β-unsaturated/α-hetero) is 1. The van der Waals surface area contributed by atoms with Gasteiger partial charge in [-0.05, 0) is 31.9 Å². The van der Waals surface area contributed by atoms with E-state index >= 15 is 0 Å². The Bertz CT molecular complexity index is 779. The summed E-state index contributed by atoms with van der Waals surface area (Å²) in [6.07, 6.45) is 3.10. The molecule has 0 unspecified atom stereocenters. The third-order valence-corrected chi connectivity index (χ3v) is 5.36. The molecule has 0 saturated carbocycles. The fourth-order valence-corrected chi connectivity index (χ4v) is 3.67. The Labute approximate surface area is 148 Å². The molecule has 0 amide bonds. The average molecular weight is 336 g/mol. The van der Waals surface area contributed by atoms with Gasteiger partial charge in [0, 0.05) is 38.8 Å². The predicted octanol–water partition coefficient (Wildman–Crippen LogP) is 2.45. The third-order valence-electron chi connectivity index (χ3n) is 5.36. The lowest BCUT2D eigenvalue weighted by Crippen LogP contribution is -2.45. The number of aryl methyl sites for hydroxylation is 1. The lowest BCUT2D eigenvalue weighted by Gasteiger charge is -2.33. The number of carbonyl (C=O) groups excluding carboxylic acids is 1. The average Bonchev–Trinajstić information content (AvgIpc) is 2.62. The van der Waals surface area contributed by atoms with E-state index in [2.05, 4.69) is 53.0 Å². The molecule has 2 aromatic rings. The molecule has 2 aliphatic rings. The molecule has 0 N–H and O–H groups in total. The second-order valence-electron chi connectivity index (χ2n) is 7.26. The zero-order valence-corrected chi connectivity index (χ0v) is 14.9. The number of ketones is 1. The summed E-state index contributed by atoms with van der Waals surface area (Å²) in [4.78, 5) is 26.4. The minimum absolute atomic E-state index is 0.164. The zero-order valence-electron chi connectivity index (χ0n) is 14.9. The number of rotatable bonds is 2. The molecule has 25 heavy (non-hydrogen) atoms. The number of anilines is 1. The predicted molar refractivity (Wildman–Crippen MR) is 98.3 cm³/mol. The van der Waals surface area contributed by atoms with Gasteiger partial charge in [0.2, 0.25) is 5.95 Å². The number of piperazine rings is 1. The SMILES string of the molecule is Cc1ccc([C@@H]2CC(=O)c3cnc(N4CCN(C)CC4)nc3C2)cc1. The van der Waals surface area contributed by atoms with Crippen LogP contribution in [0.1, 0.15) is 39.5 Å². The standard InChI is InChI=1S/C20H24N4O/c1-14-3-5-15(6-4-14)16-11-18-17(19(25)12-16)13-21-20(22-18)24-9-7-23(2)8-10-24/h3-6,13,16H,7-12H2,1-2H3/t16-/m0/s1. The van der Waals surface area contributed by atoms with Crippen LogP contribution >= 0.6 is 0 Å². The normalized spacial score (nSPS) is 21.3. The van der Waals surface area contributed by atoms with Crippen LogP contribution in [-0.2, 0) is 6.42 Å². The van der Waals surface area contributed by atoms with Crippen molar-refractivity contribution < 1.29 is 4.79 Å². The number of hydrogen-bond acceptors (Lipinski definition) is 5. The van der Waals surface area contributed by atoms with Gasteiger partial charge in [-0.15, -0.1) is 0 Å². The van der Waals surface area contributed by atoms with Gasteiger partial charge in [0.25, 0.3) is 0 Å². The van der Waals surface area contributed by atoms with E-state index in [1.165, 1.54) is 11.1 Å². The molecule has 1 aromatic carbocycles. The van der Waals surface area contributed by atoms with Crippen molar-refractivity contribution in [2.75, 3.05) is 38.1 Å². The van der Waals surface area contributed by atoms with Crippen molar-refractivity contribution in [1.82, 2.24) is 14.9 Å². The molecule has 130 valence electrons. The first-order valence-corrected chi connectivity index (χ1v) is 8.99. The summed E-state index contributed by atoms with van der Waals surface area (Å²) in [5, 5.41) is 0. The Hall–Kier alpha value is -2.27. The maximum Gasteiger partial charge on any atom is 0.225 e. The highest BCUT2D eigenvalue weighted by Crippen LogP contribution is 2.32. The van der Waals surface area contributed by atoms with Gasteiger partial charge in [0.1, 0.15) is 0 Å². The molecular weight excluding hydrogens is 312 g/mol. The molecule has 4 rings (SSSR count). The summed E-state index contributed by atoms with van der Waals surface area (Å²) < 4.78 is 0. The fraction of sp³-hybridized carbons (Fsp3) is 0.450. The van der Waals surface area contributed by atoms with Crippen molar-refractivity contribution in [2.45, 2.75) is 25.7 Å². The van der Waals surface area contributed by atoms with Crippen LogP contribution in [0.25, 0.3) is 0 Å². The van der Waals surface area contributed by atoms with E-state index in [1.54, 1.807) is 6.20 Å². The highest BCUT2D eigenvalue weighted by Gasteiger charge is 2.29. The lowest BCUT2D eigenvalue weighted by atomic mass is 9.82. The monoisotopic (exact) mass is 336 g/mol. The molecule has 1 aliphatic heterocycles. The number of hydrogen-bond donors (Lipinski definition) is 0. The van der Waals surface area contributed by atoms with Crippen LogP contribution in [0.2, 0.25) is 0 Å². The molecule has 0 spiro atoms. The lowest BCUT2D eigenvalue weighted by molar-refractivity contribution is 0.0962. The van der Waals surface area contributed by atoms with Gasteiger partial charge in [-0.2, -0.15) is 0 Å². The highest BCUT2D eigenvalue weighted by atomic mass is 16.1. The Morgan fingerprint density at radius 2 is 1.76 bits per heavy atom. The van der Waals surface area contributed by atoms with Crippen molar-refractivity contribution in [3.05, 3.63) is 52.8 Å². The van der Waals surface area contributed by atoms with Gasteiger partial charge < -0.3 is 9.80 Å². The van der Waals surface area contributed by atoms with Crippen molar-refractivity contribution in [1.29, 1.82) is 0 Å². The Kier molecular flexibility index (Phi) is 4.25. The quantitative estimate of drug-likeness (QED) is 0.843. The molecule has 5 heteroatoms. The molecule has 0 radical (unpaired) electrons.